The molecule has 0 aliphatic carbocycles. The maximum absolute atomic E-state index is 12.9. The number of carbonyl (C=O) groups excluding carboxylic acids is 1. The largest absolute Gasteiger partial charge is 0.457 e. The van der Waals surface area contributed by atoms with E-state index >= 15 is 0 Å². The fourth-order valence-electron chi connectivity index (χ4n) is 3.80. The molecule has 0 saturated heterocycles. The molecular weight excluding hydrogens is 402 g/mol. The van der Waals surface area contributed by atoms with E-state index in [4.69, 9.17) is 9.15 Å². The van der Waals surface area contributed by atoms with Crippen LogP contribution < -0.4 is 10.9 Å². The molecule has 0 fully saturated rings. The number of rotatable bonds is 5. The lowest BCUT2D eigenvalue weighted by Crippen LogP contribution is -2.10. The van der Waals surface area contributed by atoms with Crippen molar-refractivity contribution in [3.8, 4) is 0 Å². The van der Waals surface area contributed by atoms with Gasteiger partial charge in [0.05, 0.1) is 11.3 Å². The van der Waals surface area contributed by atoms with Crippen molar-refractivity contribution in [1.82, 2.24) is 0 Å². The molecule has 0 bridgehead atoms. The lowest BCUT2D eigenvalue weighted by atomic mass is 10.0. The molecule has 5 nitrogen and oxygen atoms in total. The van der Waals surface area contributed by atoms with Gasteiger partial charge in [-0.3, -0.25) is 0 Å². The lowest BCUT2D eigenvalue weighted by molar-refractivity contribution is 0.0475. The average molecular weight is 421 g/mol. The number of carbonyl (C=O) groups is 1. The maximum Gasteiger partial charge on any atom is 0.340 e. The number of benzene rings is 4. The molecule has 5 rings (SSSR count). The molecule has 0 spiro atoms. The quantitative estimate of drug-likeness (QED) is 0.213. The second-order valence-corrected chi connectivity index (χ2v) is 7.36. The summed E-state index contributed by atoms with van der Waals surface area (Å²) in [6, 6.07) is 29.6. The molecule has 0 atom stereocenters. The first kappa shape index (κ1) is 19.6. The van der Waals surface area contributed by atoms with Crippen molar-refractivity contribution in [3.05, 3.63) is 119 Å². The average Bonchev–Trinajstić information content (AvgIpc) is 2.83. The minimum absolute atomic E-state index is 0.0470. The Balaban J connectivity index is 1.46. The fourth-order valence-corrected chi connectivity index (χ4v) is 3.80. The van der Waals surface area contributed by atoms with Crippen LogP contribution in [0, 0.1) is 0 Å². The summed E-state index contributed by atoms with van der Waals surface area (Å²) in [7, 11) is 0. The van der Waals surface area contributed by atoms with Crippen molar-refractivity contribution in [3.63, 3.8) is 0 Å². The summed E-state index contributed by atoms with van der Waals surface area (Å²) in [5.74, 6) is -0.481. The highest BCUT2D eigenvalue weighted by molar-refractivity contribution is 6.07. The Morgan fingerprint density at radius 3 is 2.47 bits per heavy atom. The summed E-state index contributed by atoms with van der Waals surface area (Å²) >= 11 is 0. The topological polar surface area (TPSA) is 68.5 Å². The highest BCUT2D eigenvalue weighted by atomic mass is 16.5. The van der Waals surface area contributed by atoms with Gasteiger partial charge in [0, 0.05) is 22.7 Å². The number of hydrogen-bond donors (Lipinski definition) is 1. The smallest absolute Gasteiger partial charge is 0.340 e. The molecule has 0 aliphatic rings. The van der Waals surface area contributed by atoms with Crippen LogP contribution in [0.25, 0.3) is 21.7 Å². The van der Waals surface area contributed by atoms with Gasteiger partial charge in [0.2, 0.25) is 0 Å². The van der Waals surface area contributed by atoms with Gasteiger partial charge < -0.3 is 14.5 Å². The fraction of sp³-hybridized carbons (Fsp3) is 0.0370. The van der Waals surface area contributed by atoms with Crippen LogP contribution in [0.4, 0.5) is 11.4 Å². The molecule has 156 valence electrons. The van der Waals surface area contributed by atoms with Crippen LogP contribution in [0.3, 0.4) is 0 Å². The number of para-hydroxylation sites is 2. The Kier molecular flexibility index (Phi) is 5.14. The van der Waals surface area contributed by atoms with Gasteiger partial charge in [-0.1, -0.05) is 60.7 Å². The molecule has 1 aromatic heterocycles. The number of fused-ring (bicyclic) bond motifs is 3. The lowest BCUT2D eigenvalue weighted by Gasteiger charge is -2.13. The zero-order valence-electron chi connectivity index (χ0n) is 17.1. The van der Waals surface area contributed by atoms with Crippen molar-refractivity contribution in [2.75, 3.05) is 5.32 Å². The SMILES string of the molecule is O=C(OCc1cc(=O)oc2ccc3ccccc3c12)c1ccccc1Nc1ccccc1. The molecule has 5 aromatic rings. The van der Waals surface area contributed by atoms with Crippen LogP contribution in [-0.4, -0.2) is 5.97 Å². The van der Waals surface area contributed by atoms with Crippen LogP contribution in [0.2, 0.25) is 0 Å². The van der Waals surface area contributed by atoms with E-state index in [1.54, 1.807) is 18.2 Å². The third-order valence-corrected chi connectivity index (χ3v) is 5.27. The predicted octanol–water partition coefficient (Wildman–Crippen LogP) is 6.05. The molecule has 5 heteroatoms. The van der Waals surface area contributed by atoms with E-state index < -0.39 is 11.6 Å². The van der Waals surface area contributed by atoms with Crippen LogP contribution in [0.15, 0.2) is 106 Å². The van der Waals surface area contributed by atoms with Gasteiger partial charge in [0.1, 0.15) is 12.2 Å². The van der Waals surface area contributed by atoms with Gasteiger partial charge in [-0.15, -0.1) is 0 Å². The van der Waals surface area contributed by atoms with Crippen molar-refractivity contribution >= 4 is 39.1 Å². The minimum Gasteiger partial charge on any atom is -0.457 e. The van der Waals surface area contributed by atoms with Crippen LogP contribution >= 0.6 is 0 Å². The molecule has 32 heavy (non-hydrogen) atoms. The summed E-state index contributed by atoms with van der Waals surface area (Å²) in [5.41, 5.74) is 2.51. The van der Waals surface area contributed by atoms with Crippen LogP contribution in [0.5, 0.6) is 0 Å². The third-order valence-electron chi connectivity index (χ3n) is 5.27. The zero-order valence-corrected chi connectivity index (χ0v) is 17.1. The number of ether oxygens (including phenoxy) is 1. The molecule has 1 heterocycles. The number of hydrogen-bond acceptors (Lipinski definition) is 5. The summed E-state index contributed by atoms with van der Waals surface area (Å²) in [5, 5.41) is 5.97. The van der Waals surface area contributed by atoms with Crippen molar-refractivity contribution < 1.29 is 13.9 Å². The van der Waals surface area contributed by atoms with Gasteiger partial charge in [-0.25, -0.2) is 9.59 Å². The molecule has 1 N–H and O–H groups in total. The second-order valence-electron chi connectivity index (χ2n) is 7.36. The van der Waals surface area contributed by atoms with E-state index in [-0.39, 0.29) is 6.61 Å². The summed E-state index contributed by atoms with van der Waals surface area (Å²) in [4.78, 5) is 25.0. The summed E-state index contributed by atoms with van der Waals surface area (Å²) < 4.78 is 11.0. The number of nitrogens with one attached hydrogen (secondary N) is 1. The van der Waals surface area contributed by atoms with Crippen molar-refractivity contribution in [2.45, 2.75) is 6.61 Å². The molecule has 0 aliphatic heterocycles. The molecular formula is C27H19NO4. The molecule has 0 radical (unpaired) electrons. The number of anilines is 2. The monoisotopic (exact) mass is 421 g/mol. The van der Waals surface area contributed by atoms with E-state index in [0.29, 0.717) is 22.4 Å². The van der Waals surface area contributed by atoms with Crippen LogP contribution in [0.1, 0.15) is 15.9 Å². The summed E-state index contributed by atoms with van der Waals surface area (Å²) in [6.45, 7) is -0.0470. The maximum atomic E-state index is 12.9. The summed E-state index contributed by atoms with van der Waals surface area (Å²) in [6.07, 6.45) is 0. The number of esters is 1. The molecule has 0 amide bonds. The highest BCUT2D eigenvalue weighted by Gasteiger charge is 2.15. The Hall–Kier alpha value is -4.38. The highest BCUT2D eigenvalue weighted by Crippen LogP contribution is 2.28. The van der Waals surface area contributed by atoms with E-state index in [9.17, 15) is 9.59 Å². The molecule has 4 aromatic carbocycles. The van der Waals surface area contributed by atoms with E-state index in [0.717, 1.165) is 21.8 Å². The Bertz CT molecular complexity index is 1490. The normalized spacial score (nSPS) is 10.9. The standard InChI is InChI=1S/C27H19NO4/c29-25-16-19(26-21-11-5-4-8-18(21)14-15-24(26)32-25)17-31-27(30)22-12-6-7-13-23(22)28-20-9-2-1-3-10-20/h1-16,28H,17H2. The van der Waals surface area contributed by atoms with Gasteiger partial charge >= 0.3 is 11.6 Å². The Morgan fingerprint density at radius 2 is 1.59 bits per heavy atom. The Morgan fingerprint density at radius 1 is 0.844 bits per heavy atom. The van der Waals surface area contributed by atoms with Gasteiger partial charge in [0.25, 0.3) is 0 Å². The van der Waals surface area contributed by atoms with Crippen LogP contribution in [-0.2, 0) is 11.3 Å². The van der Waals surface area contributed by atoms with E-state index in [2.05, 4.69) is 5.32 Å². The first-order valence-corrected chi connectivity index (χ1v) is 10.2. The van der Waals surface area contributed by atoms with E-state index in [1.807, 2.05) is 72.8 Å². The second kappa shape index (κ2) is 8.40. The third kappa shape index (κ3) is 3.84. The van der Waals surface area contributed by atoms with Crippen molar-refractivity contribution in [2.24, 2.45) is 0 Å². The first-order valence-electron chi connectivity index (χ1n) is 10.2. The minimum atomic E-state index is -0.482. The van der Waals surface area contributed by atoms with Gasteiger partial charge in [-0.05, 0) is 41.1 Å². The zero-order chi connectivity index (χ0) is 21.9. The van der Waals surface area contributed by atoms with E-state index in [1.165, 1.54) is 6.07 Å². The predicted molar refractivity (Wildman–Crippen MR) is 125 cm³/mol. The molecule has 0 unspecified atom stereocenters. The Labute approximate surface area is 183 Å². The first-order chi connectivity index (χ1) is 15.7. The molecule has 0 saturated carbocycles. The van der Waals surface area contributed by atoms with Crippen molar-refractivity contribution in [1.29, 1.82) is 0 Å². The van der Waals surface area contributed by atoms with Gasteiger partial charge in [0.15, 0.2) is 0 Å². The van der Waals surface area contributed by atoms with Gasteiger partial charge in [-0.2, -0.15) is 0 Å².